The fraction of sp³-hybridized carbons (Fsp3) is 1.00. The highest BCUT2D eigenvalue weighted by Crippen LogP contribution is 2.54. The summed E-state index contributed by atoms with van der Waals surface area (Å²) in [4.78, 5) is 0. The van der Waals surface area contributed by atoms with Crippen LogP contribution in [-0.2, 0) is 0 Å². The number of rotatable bonds is 1. The largest absolute Gasteiger partial charge is 0.317 e. The molecule has 0 radical (unpaired) electrons. The molecule has 2 rings (SSSR count). The molecular formula is C14H26FN. The summed E-state index contributed by atoms with van der Waals surface area (Å²) in [6.45, 7) is 7.98. The summed E-state index contributed by atoms with van der Waals surface area (Å²) in [6.07, 6.45) is 7.20. The van der Waals surface area contributed by atoms with Crippen LogP contribution in [0.1, 0.15) is 59.3 Å². The quantitative estimate of drug-likeness (QED) is 0.720. The molecule has 0 amide bonds. The van der Waals surface area contributed by atoms with E-state index in [4.69, 9.17) is 0 Å². The predicted octanol–water partition coefficient (Wildman–Crippen LogP) is 3.68. The average Bonchev–Trinajstić information content (AvgIpc) is 2.23. The molecule has 1 aliphatic heterocycles. The molecule has 16 heavy (non-hydrogen) atoms. The van der Waals surface area contributed by atoms with Crippen LogP contribution >= 0.6 is 0 Å². The lowest BCUT2D eigenvalue weighted by molar-refractivity contribution is -0.0369. The van der Waals surface area contributed by atoms with E-state index in [9.17, 15) is 4.39 Å². The second kappa shape index (κ2) is 3.97. The average molecular weight is 227 g/mol. The molecule has 94 valence electrons. The third-order valence-electron chi connectivity index (χ3n) is 5.51. The van der Waals surface area contributed by atoms with Gasteiger partial charge in [-0.3, -0.25) is 0 Å². The minimum atomic E-state index is -1.03. The van der Waals surface area contributed by atoms with E-state index in [1.807, 2.05) is 0 Å². The molecule has 1 N–H and O–H groups in total. The van der Waals surface area contributed by atoms with Gasteiger partial charge in [0.2, 0.25) is 0 Å². The molecule has 2 heteroatoms. The molecule has 0 aromatic rings. The molecule has 0 bridgehead atoms. The molecule has 1 aliphatic carbocycles. The van der Waals surface area contributed by atoms with Crippen molar-refractivity contribution in [1.29, 1.82) is 0 Å². The van der Waals surface area contributed by atoms with Gasteiger partial charge in [0.25, 0.3) is 0 Å². The third-order valence-corrected chi connectivity index (χ3v) is 5.51. The minimum absolute atomic E-state index is 0.0941. The lowest BCUT2D eigenvalue weighted by Crippen LogP contribution is -2.46. The van der Waals surface area contributed by atoms with Crippen LogP contribution in [0.5, 0.6) is 0 Å². The van der Waals surface area contributed by atoms with E-state index in [0.29, 0.717) is 5.41 Å². The second-order valence-corrected chi connectivity index (χ2v) is 6.78. The van der Waals surface area contributed by atoms with Crippen molar-refractivity contribution in [1.82, 2.24) is 5.32 Å². The lowest BCUT2D eigenvalue weighted by atomic mass is 9.57. The van der Waals surface area contributed by atoms with Gasteiger partial charge in [-0.2, -0.15) is 0 Å². The molecule has 0 aromatic carbocycles. The molecule has 1 nitrogen and oxygen atoms in total. The summed E-state index contributed by atoms with van der Waals surface area (Å²) in [5.41, 5.74) is -0.569. The van der Waals surface area contributed by atoms with Gasteiger partial charge < -0.3 is 5.32 Å². The molecule has 0 atom stereocenters. The summed E-state index contributed by atoms with van der Waals surface area (Å²) in [7, 11) is 0. The van der Waals surface area contributed by atoms with E-state index < -0.39 is 5.67 Å². The number of alkyl halides is 1. The zero-order valence-electron chi connectivity index (χ0n) is 11.0. The Kier molecular flexibility index (Phi) is 3.07. The van der Waals surface area contributed by atoms with Gasteiger partial charge in [-0.05, 0) is 70.9 Å². The first-order chi connectivity index (χ1) is 7.37. The highest BCUT2D eigenvalue weighted by molar-refractivity contribution is 4.99. The monoisotopic (exact) mass is 227 g/mol. The van der Waals surface area contributed by atoms with Crippen molar-refractivity contribution < 1.29 is 4.39 Å². The third kappa shape index (κ3) is 2.13. The number of halogens is 1. The van der Waals surface area contributed by atoms with Gasteiger partial charge in [-0.25, -0.2) is 4.39 Å². The van der Waals surface area contributed by atoms with Gasteiger partial charge in [-0.1, -0.05) is 6.92 Å². The van der Waals surface area contributed by atoms with E-state index in [-0.39, 0.29) is 5.41 Å². The topological polar surface area (TPSA) is 12.0 Å². The van der Waals surface area contributed by atoms with Crippen LogP contribution in [0.15, 0.2) is 0 Å². The number of nitrogens with one attached hydrogen (secondary N) is 1. The Bertz CT molecular complexity index is 238. The van der Waals surface area contributed by atoms with Crippen LogP contribution in [0.4, 0.5) is 4.39 Å². The van der Waals surface area contributed by atoms with E-state index in [1.165, 1.54) is 25.7 Å². The Morgan fingerprint density at radius 2 is 1.44 bits per heavy atom. The van der Waals surface area contributed by atoms with Crippen molar-refractivity contribution in [3.8, 4) is 0 Å². The van der Waals surface area contributed by atoms with Crippen LogP contribution in [-0.4, -0.2) is 18.8 Å². The van der Waals surface area contributed by atoms with Gasteiger partial charge >= 0.3 is 0 Å². The van der Waals surface area contributed by atoms with Crippen molar-refractivity contribution >= 4 is 0 Å². The zero-order valence-corrected chi connectivity index (χ0v) is 11.0. The summed E-state index contributed by atoms with van der Waals surface area (Å²) in [6, 6.07) is 0. The zero-order chi connectivity index (χ0) is 11.9. The molecule has 1 heterocycles. The molecule has 2 aliphatic rings. The van der Waals surface area contributed by atoms with Crippen LogP contribution in [0.25, 0.3) is 0 Å². The van der Waals surface area contributed by atoms with E-state index in [2.05, 4.69) is 12.2 Å². The highest BCUT2D eigenvalue weighted by Gasteiger charge is 2.48. The van der Waals surface area contributed by atoms with Gasteiger partial charge in [0.05, 0.1) is 0 Å². The Morgan fingerprint density at radius 1 is 0.938 bits per heavy atom. The first-order valence-corrected chi connectivity index (χ1v) is 6.77. The Hall–Kier alpha value is -0.110. The van der Waals surface area contributed by atoms with Crippen molar-refractivity contribution in [3.63, 3.8) is 0 Å². The first-order valence-electron chi connectivity index (χ1n) is 6.77. The first kappa shape index (κ1) is 12.3. The SMILES string of the molecule is CC(C)(F)C1(C)CCC2(CCNCC2)CC1. The number of piperidine rings is 1. The van der Waals surface area contributed by atoms with Crippen LogP contribution < -0.4 is 5.32 Å². The van der Waals surface area contributed by atoms with Crippen LogP contribution in [0.3, 0.4) is 0 Å². The summed E-state index contributed by atoms with van der Waals surface area (Å²) >= 11 is 0. The smallest absolute Gasteiger partial charge is 0.110 e. The van der Waals surface area contributed by atoms with Crippen molar-refractivity contribution in [2.45, 2.75) is 65.0 Å². The normalized spacial score (nSPS) is 29.2. The molecule has 0 unspecified atom stereocenters. The Morgan fingerprint density at radius 3 is 1.88 bits per heavy atom. The van der Waals surface area contributed by atoms with E-state index in [1.54, 1.807) is 13.8 Å². The summed E-state index contributed by atoms with van der Waals surface area (Å²) in [5, 5.41) is 3.43. The van der Waals surface area contributed by atoms with Gasteiger partial charge in [0.15, 0.2) is 0 Å². The maximum atomic E-state index is 14.2. The van der Waals surface area contributed by atoms with Crippen LogP contribution in [0, 0.1) is 10.8 Å². The molecular weight excluding hydrogens is 201 g/mol. The fourth-order valence-electron chi connectivity index (χ4n) is 3.38. The highest BCUT2D eigenvalue weighted by atomic mass is 19.1. The minimum Gasteiger partial charge on any atom is -0.317 e. The Labute approximate surface area is 99.2 Å². The lowest BCUT2D eigenvalue weighted by Gasteiger charge is -2.50. The maximum absolute atomic E-state index is 14.2. The van der Waals surface area contributed by atoms with Crippen molar-refractivity contribution in [3.05, 3.63) is 0 Å². The molecule has 1 spiro atoms. The van der Waals surface area contributed by atoms with Gasteiger partial charge in [0, 0.05) is 5.41 Å². The maximum Gasteiger partial charge on any atom is 0.110 e. The summed E-state index contributed by atoms with van der Waals surface area (Å²) in [5.74, 6) is 0. The van der Waals surface area contributed by atoms with Crippen molar-refractivity contribution in [2.24, 2.45) is 10.8 Å². The molecule has 0 aromatic heterocycles. The van der Waals surface area contributed by atoms with Gasteiger partial charge in [0.1, 0.15) is 5.67 Å². The number of hydrogen-bond acceptors (Lipinski definition) is 1. The van der Waals surface area contributed by atoms with Gasteiger partial charge in [-0.15, -0.1) is 0 Å². The fourth-order valence-corrected chi connectivity index (χ4v) is 3.38. The van der Waals surface area contributed by atoms with Crippen molar-refractivity contribution in [2.75, 3.05) is 13.1 Å². The van der Waals surface area contributed by atoms with Crippen LogP contribution in [0.2, 0.25) is 0 Å². The Balaban J connectivity index is 2.00. The van der Waals surface area contributed by atoms with E-state index >= 15 is 0 Å². The molecule has 1 saturated heterocycles. The summed E-state index contributed by atoms with van der Waals surface area (Å²) < 4.78 is 14.2. The predicted molar refractivity (Wildman–Crippen MR) is 66.3 cm³/mol. The number of hydrogen-bond donors (Lipinski definition) is 1. The second-order valence-electron chi connectivity index (χ2n) is 6.78. The molecule has 1 saturated carbocycles. The standard InChI is InChI=1S/C14H26FN/c1-12(2,15)13(3)4-6-14(7-5-13)8-10-16-11-9-14/h16H,4-11H2,1-3H3. The van der Waals surface area contributed by atoms with E-state index in [0.717, 1.165) is 25.9 Å². The molecule has 2 fully saturated rings.